The van der Waals surface area contributed by atoms with Gasteiger partial charge in [0.15, 0.2) is 0 Å². The number of hydrogen-bond donors (Lipinski definition) is 1. The van der Waals surface area contributed by atoms with Crippen LogP contribution < -0.4 is 0 Å². The van der Waals surface area contributed by atoms with Crippen LogP contribution in [0, 0.1) is 0 Å². The molecular weight excluding hydrogens is 151 g/mol. The predicted molar refractivity (Wildman–Crippen MR) is 40.0 cm³/mol. The predicted octanol–water partition coefficient (Wildman–Crippen LogP) is 1.62. The van der Waals surface area contributed by atoms with Crippen molar-refractivity contribution in [1.82, 2.24) is 0 Å². The van der Waals surface area contributed by atoms with Crippen LogP contribution >= 0.6 is 11.3 Å². The van der Waals surface area contributed by atoms with Crippen molar-refractivity contribution in [3.63, 3.8) is 0 Å². The van der Waals surface area contributed by atoms with E-state index in [0.29, 0.717) is 6.42 Å². The van der Waals surface area contributed by atoms with Gasteiger partial charge in [-0.05, 0) is 11.4 Å². The fraction of sp³-hybridized carbons (Fsp3) is 0.429. The van der Waals surface area contributed by atoms with E-state index in [4.69, 9.17) is 5.11 Å². The minimum absolute atomic E-state index is 0.341. The Morgan fingerprint density at radius 1 is 1.70 bits per heavy atom. The summed E-state index contributed by atoms with van der Waals surface area (Å²) in [6.07, 6.45) is -0.757. The lowest BCUT2D eigenvalue weighted by Gasteiger charge is -1.99. The van der Waals surface area contributed by atoms with Crippen LogP contribution in [0.1, 0.15) is 4.88 Å². The molecule has 56 valence electrons. The summed E-state index contributed by atoms with van der Waals surface area (Å²) in [5, 5.41) is 10.3. The number of thiophene rings is 1. The van der Waals surface area contributed by atoms with Gasteiger partial charge in [-0.25, -0.2) is 4.39 Å². The molecule has 1 nitrogen and oxygen atoms in total. The van der Waals surface area contributed by atoms with Crippen molar-refractivity contribution in [2.24, 2.45) is 0 Å². The summed E-state index contributed by atoms with van der Waals surface area (Å²) in [5.74, 6) is 0. The van der Waals surface area contributed by atoms with Crippen molar-refractivity contribution in [2.45, 2.75) is 12.6 Å². The van der Waals surface area contributed by atoms with Crippen molar-refractivity contribution in [1.29, 1.82) is 0 Å². The molecule has 1 rings (SSSR count). The maximum atomic E-state index is 12.5. The van der Waals surface area contributed by atoms with Crippen molar-refractivity contribution >= 4 is 11.3 Å². The van der Waals surface area contributed by atoms with Gasteiger partial charge in [-0.3, -0.25) is 0 Å². The highest BCUT2D eigenvalue weighted by Crippen LogP contribution is 2.11. The van der Waals surface area contributed by atoms with Gasteiger partial charge in [0.2, 0.25) is 0 Å². The summed E-state index contributed by atoms with van der Waals surface area (Å²) in [5.41, 5.74) is 0. The first-order valence-corrected chi connectivity index (χ1v) is 3.98. The first kappa shape index (κ1) is 7.69. The van der Waals surface area contributed by atoms with Crippen molar-refractivity contribution < 1.29 is 9.50 Å². The fourth-order valence-corrected chi connectivity index (χ4v) is 1.48. The Labute approximate surface area is 63.1 Å². The van der Waals surface area contributed by atoms with Gasteiger partial charge in [-0.15, -0.1) is 11.3 Å². The van der Waals surface area contributed by atoms with Gasteiger partial charge in [-0.1, -0.05) is 6.07 Å². The standard InChI is InChI=1S/C7H9FOS/c8-6(5-9)4-7-2-1-3-10-7/h1-3,6,9H,4-5H2. The molecule has 1 aromatic heterocycles. The quantitative estimate of drug-likeness (QED) is 0.712. The third-order valence-corrected chi connectivity index (χ3v) is 2.10. The van der Waals surface area contributed by atoms with Gasteiger partial charge in [0.05, 0.1) is 6.61 Å². The molecule has 1 atom stereocenters. The second-order valence-electron chi connectivity index (χ2n) is 2.06. The smallest absolute Gasteiger partial charge is 0.128 e. The van der Waals surface area contributed by atoms with Gasteiger partial charge in [-0.2, -0.15) is 0 Å². The topological polar surface area (TPSA) is 20.2 Å². The molecule has 0 saturated heterocycles. The monoisotopic (exact) mass is 160 g/mol. The van der Waals surface area contributed by atoms with Gasteiger partial charge >= 0.3 is 0 Å². The van der Waals surface area contributed by atoms with E-state index in [1.54, 1.807) is 0 Å². The van der Waals surface area contributed by atoms with Crippen LogP contribution in [0.4, 0.5) is 4.39 Å². The molecule has 0 aliphatic carbocycles. The molecule has 1 aromatic rings. The molecule has 10 heavy (non-hydrogen) atoms. The molecule has 0 amide bonds. The van der Waals surface area contributed by atoms with E-state index in [2.05, 4.69) is 0 Å². The number of aliphatic hydroxyl groups is 1. The SMILES string of the molecule is OCC(F)Cc1cccs1. The molecule has 0 saturated carbocycles. The number of hydrogen-bond acceptors (Lipinski definition) is 2. The molecule has 0 radical (unpaired) electrons. The van der Waals surface area contributed by atoms with E-state index >= 15 is 0 Å². The molecule has 1 unspecified atom stereocenters. The van der Waals surface area contributed by atoms with Crippen molar-refractivity contribution in [2.75, 3.05) is 6.61 Å². The number of alkyl halides is 1. The average molecular weight is 160 g/mol. The zero-order valence-electron chi connectivity index (χ0n) is 5.46. The van der Waals surface area contributed by atoms with Gasteiger partial charge < -0.3 is 5.11 Å². The highest BCUT2D eigenvalue weighted by Gasteiger charge is 2.05. The Balaban J connectivity index is 2.40. The van der Waals surface area contributed by atoms with Gasteiger partial charge in [0.25, 0.3) is 0 Å². The zero-order valence-corrected chi connectivity index (χ0v) is 6.27. The number of aliphatic hydroxyl groups excluding tert-OH is 1. The Bertz CT molecular complexity index is 174. The van der Waals surface area contributed by atoms with Gasteiger partial charge in [0.1, 0.15) is 6.17 Å². The lowest BCUT2D eigenvalue weighted by Crippen LogP contribution is -2.08. The minimum atomic E-state index is -1.10. The van der Waals surface area contributed by atoms with E-state index in [1.165, 1.54) is 11.3 Å². The van der Waals surface area contributed by atoms with Crippen LogP contribution in [0.25, 0.3) is 0 Å². The van der Waals surface area contributed by atoms with Gasteiger partial charge in [0, 0.05) is 11.3 Å². The Morgan fingerprint density at radius 2 is 2.50 bits per heavy atom. The summed E-state index contributed by atoms with van der Waals surface area (Å²) in [4.78, 5) is 0.988. The van der Waals surface area contributed by atoms with Crippen molar-refractivity contribution in [3.8, 4) is 0 Å². The lowest BCUT2D eigenvalue weighted by molar-refractivity contribution is 0.178. The summed E-state index contributed by atoms with van der Waals surface area (Å²) < 4.78 is 12.5. The minimum Gasteiger partial charge on any atom is -0.393 e. The third-order valence-electron chi connectivity index (χ3n) is 1.20. The maximum absolute atomic E-state index is 12.5. The van der Waals surface area contributed by atoms with E-state index in [9.17, 15) is 4.39 Å². The normalized spacial score (nSPS) is 13.4. The van der Waals surface area contributed by atoms with Crippen LogP contribution in [0.3, 0.4) is 0 Å². The molecular formula is C7H9FOS. The van der Waals surface area contributed by atoms with E-state index in [0.717, 1.165) is 4.88 Å². The van der Waals surface area contributed by atoms with Crippen LogP contribution in [0.5, 0.6) is 0 Å². The second-order valence-corrected chi connectivity index (χ2v) is 3.10. The molecule has 0 aromatic carbocycles. The second kappa shape index (κ2) is 3.68. The van der Waals surface area contributed by atoms with E-state index < -0.39 is 6.17 Å². The molecule has 3 heteroatoms. The molecule has 0 spiro atoms. The molecule has 0 bridgehead atoms. The van der Waals surface area contributed by atoms with Crippen LogP contribution in [0.15, 0.2) is 17.5 Å². The zero-order chi connectivity index (χ0) is 7.40. The largest absolute Gasteiger partial charge is 0.393 e. The van der Waals surface area contributed by atoms with Crippen LogP contribution in [-0.2, 0) is 6.42 Å². The van der Waals surface area contributed by atoms with Crippen molar-refractivity contribution in [3.05, 3.63) is 22.4 Å². The molecule has 1 heterocycles. The molecule has 0 fully saturated rings. The summed E-state index contributed by atoms with van der Waals surface area (Å²) >= 11 is 1.52. The maximum Gasteiger partial charge on any atom is 0.128 e. The Kier molecular flexibility index (Phi) is 2.83. The highest BCUT2D eigenvalue weighted by atomic mass is 32.1. The Morgan fingerprint density at radius 3 is 3.00 bits per heavy atom. The van der Waals surface area contributed by atoms with Crippen LogP contribution in [0.2, 0.25) is 0 Å². The number of rotatable bonds is 3. The molecule has 1 N–H and O–H groups in total. The first-order chi connectivity index (χ1) is 4.83. The third kappa shape index (κ3) is 2.08. The summed E-state index contributed by atoms with van der Waals surface area (Å²) in [6.45, 7) is -0.377. The van der Waals surface area contributed by atoms with E-state index in [1.807, 2.05) is 17.5 Å². The van der Waals surface area contributed by atoms with Crippen LogP contribution in [-0.4, -0.2) is 17.9 Å². The Hall–Kier alpha value is -0.410. The highest BCUT2D eigenvalue weighted by molar-refractivity contribution is 7.09. The number of halogens is 1. The average Bonchev–Trinajstić information content (AvgIpc) is 2.40. The van der Waals surface area contributed by atoms with E-state index in [-0.39, 0.29) is 6.61 Å². The summed E-state index contributed by atoms with van der Waals surface area (Å²) in [6, 6.07) is 3.75. The first-order valence-electron chi connectivity index (χ1n) is 3.10. The molecule has 0 aliphatic rings. The summed E-state index contributed by atoms with van der Waals surface area (Å²) in [7, 11) is 0. The molecule has 0 aliphatic heterocycles. The fourth-order valence-electron chi connectivity index (χ4n) is 0.712. The lowest BCUT2D eigenvalue weighted by atomic mass is 10.2.